The number of Topliss-reactive ketones (excluding diaryl/α,β-unsaturated/α-hetero) is 1. The highest BCUT2D eigenvalue weighted by Crippen LogP contribution is 2.55. The van der Waals surface area contributed by atoms with Crippen LogP contribution in [-0.4, -0.2) is 42.9 Å². The van der Waals surface area contributed by atoms with Crippen molar-refractivity contribution in [1.82, 2.24) is 5.32 Å². The molecule has 9 nitrogen and oxygen atoms in total. The first-order chi connectivity index (χ1) is 27.1. The molecule has 1 amide bonds. The van der Waals surface area contributed by atoms with Crippen molar-refractivity contribution >= 4 is 34.3 Å². The second kappa shape index (κ2) is 16.2. The lowest BCUT2D eigenvalue weighted by Crippen LogP contribution is -2.47. The van der Waals surface area contributed by atoms with Crippen LogP contribution in [-0.2, 0) is 27.8 Å². The highest BCUT2D eigenvalue weighted by molar-refractivity contribution is 5.98. The van der Waals surface area contributed by atoms with Gasteiger partial charge in [-0.1, -0.05) is 52.9 Å². The minimum Gasteiger partial charge on any atom is -0.487 e. The van der Waals surface area contributed by atoms with Crippen molar-refractivity contribution < 1.29 is 28.3 Å². The predicted octanol–water partition coefficient (Wildman–Crippen LogP) is 9.90. The largest absolute Gasteiger partial charge is 0.487 e. The van der Waals surface area contributed by atoms with Crippen LogP contribution in [0.1, 0.15) is 170 Å². The number of hydrogen-bond acceptors (Lipinski definition) is 8. The number of carbonyl (C=O) groups is 3. The Balaban J connectivity index is 1.02. The summed E-state index contributed by atoms with van der Waals surface area (Å²) in [4.78, 5) is 55.7. The molecule has 1 aliphatic carbocycles. The van der Waals surface area contributed by atoms with Crippen LogP contribution in [0.5, 0.6) is 11.5 Å². The predicted molar refractivity (Wildman–Crippen MR) is 225 cm³/mol. The average molecular weight is 781 g/mol. The maximum atomic E-state index is 14.1. The van der Waals surface area contributed by atoms with Gasteiger partial charge in [-0.3, -0.25) is 14.4 Å². The van der Waals surface area contributed by atoms with Crippen LogP contribution in [0.4, 0.5) is 5.69 Å². The molecule has 9 heteroatoms. The van der Waals surface area contributed by atoms with Crippen LogP contribution in [0.15, 0.2) is 33.5 Å². The Morgan fingerprint density at radius 2 is 1.68 bits per heavy atom. The van der Waals surface area contributed by atoms with Gasteiger partial charge in [0, 0.05) is 66.5 Å². The molecule has 308 valence electrons. The molecule has 57 heavy (non-hydrogen) atoms. The van der Waals surface area contributed by atoms with E-state index in [1.54, 1.807) is 6.07 Å². The number of rotatable bonds is 14. The van der Waals surface area contributed by atoms with Crippen molar-refractivity contribution in [3.05, 3.63) is 62.5 Å². The molecule has 1 N–H and O–H groups in total. The molecule has 4 aliphatic rings. The van der Waals surface area contributed by atoms with E-state index < -0.39 is 22.5 Å². The van der Waals surface area contributed by atoms with Crippen molar-refractivity contribution in [1.29, 1.82) is 0 Å². The van der Waals surface area contributed by atoms with Crippen LogP contribution >= 0.6 is 0 Å². The molecule has 2 atom stereocenters. The Labute approximate surface area is 338 Å². The van der Waals surface area contributed by atoms with E-state index in [-0.39, 0.29) is 34.6 Å². The second-order valence-corrected chi connectivity index (χ2v) is 19.2. The van der Waals surface area contributed by atoms with Crippen molar-refractivity contribution in [2.45, 2.75) is 162 Å². The maximum absolute atomic E-state index is 14.1. The summed E-state index contributed by atoms with van der Waals surface area (Å²) in [6, 6.07) is 7.97. The summed E-state index contributed by atoms with van der Waals surface area (Å²) >= 11 is 0. The summed E-state index contributed by atoms with van der Waals surface area (Å²) in [6.45, 7) is 17.2. The lowest BCUT2D eigenvalue weighted by Gasteiger charge is -2.47. The monoisotopic (exact) mass is 780 g/mol. The number of nitrogens with zero attached hydrogens (tertiary/aromatic N) is 1. The zero-order valence-corrected chi connectivity index (χ0v) is 35.5. The van der Waals surface area contributed by atoms with Gasteiger partial charge in [-0.15, -0.1) is 0 Å². The quantitative estimate of drug-likeness (QED) is 0.0745. The number of amides is 1. The van der Waals surface area contributed by atoms with Crippen LogP contribution in [0.2, 0.25) is 0 Å². The zero-order valence-electron chi connectivity index (χ0n) is 35.5. The SMILES string of the molecule is CCCCCCC(C)(C)c1cc(OC(=O)C(C)(C)CCCCNC(=O)c2cc3cc4c5c(c3oc2=O)CCCN5CCC4)c2c(c1)OC(C)(C)[C@H]1CCC(=O)C[C@@H]21. The van der Waals surface area contributed by atoms with Crippen molar-refractivity contribution in [3.8, 4) is 11.5 Å². The van der Waals surface area contributed by atoms with E-state index in [0.29, 0.717) is 50.0 Å². The standard InChI is InChI=1S/C48H64N2O7/c1-8-9-10-11-20-46(2,3)32-27-38(40-35-29-33(51)18-19-37(35)48(6,7)57-39(40)28-32)55-45(54)47(4,5)21-12-13-22-49-43(52)36-26-31-25-30-16-14-23-50-24-15-17-34(41(30)50)42(31)56-44(36)53/h25-28,35,37H,8-24,29H2,1-7H3,(H,49,52)/t35-,37+/m1/s1. The summed E-state index contributed by atoms with van der Waals surface area (Å²) in [5.74, 6) is 0.786. The number of benzene rings is 2. The molecule has 3 aromatic rings. The molecule has 0 spiro atoms. The van der Waals surface area contributed by atoms with Gasteiger partial charge in [0.2, 0.25) is 0 Å². The van der Waals surface area contributed by atoms with Gasteiger partial charge in [0.15, 0.2) is 0 Å². The zero-order chi connectivity index (χ0) is 40.7. The fourth-order valence-corrected chi connectivity index (χ4v) is 10.1. The molecule has 4 heterocycles. The molecule has 1 fully saturated rings. The number of unbranched alkanes of at least 4 members (excludes halogenated alkanes) is 4. The summed E-state index contributed by atoms with van der Waals surface area (Å²) in [5, 5.41) is 3.72. The molecule has 2 aromatic carbocycles. The Bertz CT molecular complexity index is 2090. The molecule has 1 aromatic heterocycles. The van der Waals surface area contributed by atoms with Crippen LogP contribution in [0, 0.1) is 11.3 Å². The number of fused-ring (bicyclic) bond motifs is 5. The van der Waals surface area contributed by atoms with Crippen molar-refractivity contribution in [2.24, 2.45) is 11.3 Å². The molecular weight excluding hydrogens is 717 g/mol. The van der Waals surface area contributed by atoms with E-state index in [1.807, 2.05) is 19.9 Å². The number of nitrogens with one attached hydrogen (secondary N) is 1. The fraction of sp³-hybridized carbons (Fsp3) is 0.625. The van der Waals surface area contributed by atoms with Gasteiger partial charge < -0.3 is 24.1 Å². The van der Waals surface area contributed by atoms with E-state index >= 15 is 0 Å². The lowest BCUT2D eigenvalue weighted by molar-refractivity contribution is -0.144. The second-order valence-electron chi connectivity index (χ2n) is 19.2. The van der Waals surface area contributed by atoms with E-state index in [9.17, 15) is 19.2 Å². The molecule has 0 radical (unpaired) electrons. The van der Waals surface area contributed by atoms with Crippen molar-refractivity contribution in [3.63, 3.8) is 0 Å². The molecule has 0 saturated heterocycles. The number of esters is 1. The minimum atomic E-state index is -0.812. The summed E-state index contributed by atoms with van der Waals surface area (Å²) in [6.07, 6.45) is 13.2. The smallest absolute Gasteiger partial charge is 0.349 e. The van der Waals surface area contributed by atoms with Crippen LogP contribution in [0.3, 0.4) is 0 Å². The van der Waals surface area contributed by atoms with Gasteiger partial charge in [0.1, 0.15) is 34.0 Å². The first-order valence-electron chi connectivity index (χ1n) is 21.9. The lowest BCUT2D eigenvalue weighted by atomic mass is 9.66. The fourth-order valence-electron chi connectivity index (χ4n) is 10.1. The Morgan fingerprint density at radius 3 is 2.46 bits per heavy atom. The molecule has 0 bridgehead atoms. The third-order valence-electron chi connectivity index (χ3n) is 13.6. The highest BCUT2D eigenvalue weighted by atomic mass is 16.5. The molecule has 7 rings (SSSR count). The highest BCUT2D eigenvalue weighted by Gasteiger charge is 2.48. The van der Waals surface area contributed by atoms with E-state index in [2.05, 4.69) is 57.0 Å². The summed E-state index contributed by atoms with van der Waals surface area (Å²) in [5.41, 5.74) is 4.10. The number of anilines is 1. The number of ether oxygens (including phenoxy) is 2. The van der Waals surface area contributed by atoms with Gasteiger partial charge in [-0.25, -0.2) is 4.79 Å². The van der Waals surface area contributed by atoms with Gasteiger partial charge >= 0.3 is 11.6 Å². The van der Waals surface area contributed by atoms with Crippen LogP contribution < -0.4 is 25.3 Å². The van der Waals surface area contributed by atoms with Gasteiger partial charge in [-0.2, -0.15) is 0 Å². The van der Waals surface area contributed by atoms with E-state index in [4.69, 9.17) is 13.9 Å². The number of aryl methyl sites for hydroxylation is 2. The van der Waals surface area contributed by atoms with Gasteiger partial charge in [0.25, 0.3) is 5.91 Å². The number of hydrogen-bond donors (Lipinski definition) is 1. The third-order valence-corrected chi connectivity index (χ3v) is 13.6. The average Bonchev–Trinajstić information content (AvgIpc) is 3.16. The van der Waals surface area contributed by atoms with Gasteiger partial charge in [0.05, 0.1) is 5.41 Å². The van der Waals surface area contributed by atoms with Crippen LogP contribution in [0.25, 0.3) is 11.0 Å². The van der Waals surface area contributed by atoms with E-state index in [1.165, 1.54) is 30.5 Å². The molecular formula is C48H64N2O7. The Kier molecular flexibility index (Phi) is 11.7. The number of ketones is 1. The Hall–Kier alpha value is -4.14. The first-order valence-corrected chi connectivity index (χ1v) is 21.9. The van der Waals surface area contributed by atoms with Gasteiger partial charge in [-0.05, 0) is 120 Å². The first kappa shape index (κ1) is 41.0. The molecule has 0 unspecified atom stereocenters. The molecule has 3 aliphatic heterocycles. The minimum absolute atomic E-state index is 0.0194. The topological polar surface area (TPSA) is 115 Å². The number of carbonyl (C=O) groups excluding carboxylic acids is 3. The third kappa shape index (κ3) is 8.40. The molecule has 1 saturated carbocycles. The maximum Gasteiger partial charge on any atom is 0.349 e. The van der Waals surface area contributed by atoms with E-state index in [0.717, 1.165) is 85.9 Å². The summed E-state index contributed by atoms with van der Waals surface area (Å²) in [7, 11) is 0. The van der Waals surface area contributed by atoms with Crippen molar-refractivity contribution in [2.75, 3.05) is 24.5 Å². The summed E-state index contributed by atoms with van der Waals surface area (Å²) < 4.78 is 19.0. The normalized spacial score (nSPS) is 20.0. The Morgan fingerprint density at radius 1 is 0.930 bits per heavy atom.